The van der Waals surface area contributed by atoms with Gasteiger partial charge in [0.05, 0.1) is 11.9 Å². The van der Waals surface area contributed by atoms with Gasteiger partial charge in [0.15, 0.2) is 0 Å². The van der Waals surface area contributed by atoms with Gasteiger partial charge in [0, 0.05) is 37.2 Å². The second-order valence-electron chi connectivity index (χ2n) is 14.9. The number of rotatable bonds is 19. The molecule has 1 saturated carbocycles. The van der Waals surface area contributed by atoms with Crippen LogP contribution in [0.25, 0.3) is 0 Å². The molecule has 5 aromatic carbocycles. The van der Waals surface area contributed by atoms with Gasteiger partial charge in [-0.3, -0.25) is 14.4 Å². The minimum atomic E-state index is -3.61. The van der Waals surface area contributed by atoms with E-state index in [9.17, 15) is 28.2 Å². The summed E-state index contributed by atoms with van der Waals surface area (Å²) in [4.78, 5) is 27.3. The Hall–Kier alpha value is -5.69. The lowest BCUT2D eigenvalue weighted by atomic mass is 9.81. The Morgan fingerprint density at radius 2 is 1.38 bits per heavy atom. The fraction of sp³-hybridized carbons (Fsp3) is 0.304. The summed E-state index contributed by atoms with van der Waals surface area (Å²) in [5, 5.41) is 23.7. The van der Waals surface area contributed by atoms with E-state index in [0.717, 1.165) is 54.2 Å². The van der Waals surface area contributed by atoms with Crippen molar-refractivity contribution < 1.29 is 37.7 Å². The number of ether oxygens (including phenoxy) is 2. The highest BCUT2D eigenvalue weighted by Gasteiger charge is 2.29. The molecular formula is C46H51N3O8S. The van der Waals surface area contributed by atoms with Crippen LogP contribution in [0, 0.1) is 0 Å². The molecule has 304 valence electrons. The Bertz CT molecular complexity index is 2180. The van der Waals surface area contributed by atoms with E-state index in [2.05, 4.69) is 27.1 Å². The summed E-state index contributed by atoms with van der Waals surface area (Å²) in [6.07, 6.45) is 4.14. The number of hydrogen-bond acceptors (Lipinski definition) is 8. The van der Waals surface area contributed by atoms with Gasteiger partial charge in [0.1, 0.15) is 36.9 Å². The van der Waals surface area contributed by atoms with Crippen LogP contribution in [-0.4, -0.2) is 73.0 Å². The van der Waals surface area contributed by atoms with Crippen LogP contribution in [0.2, 0.25) is 0 Å². The van der Waals surface area contributed by atoms with Crippen molar-refractivity contribution in [2.75, 3.05) is 24.1 Å². The van der Waals surface area contributed by atoms with Crippen LogP contribution in [0.15, 0.2) is 133 Å². The second kappa shape index (κ2) is 20.1. The van der Waals surface area contributed by atoms with Crippen molar-refractivity contribution in [3.63, 3.8) is 0 Å². The maximum Gasteiger partial charge on any atom is 0.326 e. The van der Waals surface area contributed by atoms with E-state index in [0.29, 0.717) is 36.1 Å². The standard InChI is InChI=1S/C46H51N3O8S/c1-58(54,55)48-42-28-41(25-26-44(42)57-31-35-15-9-4-10-16-35)56-32-40(50)30-49(29-34-13-7-3-8-14-34)39-23-21-37(22-24-39)36-17-19-38(20-18-36)45(51)47-43(46(52)53)27-33-11-5-2-6-12-33/h2-20,25-26,28,37,39-40,43,48,50H,21-24,27,29-32H2,1H3,(H,47,51)(H,52,53)/t37-,39-,40-,43-/m0/s1. The molecule has 1 aliphatic rings. The topological polar surface area (TPSA) is 154 Å². The van der Waals surface area contributed by atoms with E-state index in [1.807, 2.05) is 91.0 Å². The zero-order valence-corrected chi connectivity index (χ0v) is 33.4. The Morgan fingerprint density at radius 3 is 1.98 bits per heavy atom. The highest BCUT2D eigenvalue weighted by molar-refractivity contribution is 7.92. The number of aliphatic hydroxyl groups excluding tert-OH is 1. The molecule has 5 aromatic rings. The first-order valence-electron chi connectivity index (χ1n) is 19.5. The summed E-state index contributed by atoms with van der Waals surface area (Å²) < 4.78 is 38.8. The van der Waals surface area contributed by atoms with Gasteiger partial charge in [-0.1, -0.05) is 103 Å². The van der Waals surface area contributed by atoms with E-state index >= 15 is 0 Å². The normalized spacial score (nSPS) is 16.5. The van der Waals surface area contributed by atoms with Gasteiger partial charge in [-0.05, 0) is 78.1 Å². The van der Waals surface area contributed by atoms with Crippen LogP contribution in [0.3, 0.4) is 0 Å². The van der Waals surface area contributed by atoms with Crippen molar-refractivity contribution in [2.45, 2.75) is 69.4 Å². The predicted molar refractivity (Wildman–Crippen MR) is 225 cm³/mol. The van der Waals surface area contributed by atoms with E-state index in [1.165, 1.54) is 0 Å². The third kappa shape index (κ3) is 12.7. The Balaban J connectivity index is 1.05. The molecule has 6 rings (SSSR count). The van der Waals surface area contributed by atoms with Crippen LogP contribution in [0.1, 0.15) is 64.2 Å². The minimum Gasteiger partial charge on any atom is -0.491 e. The lowest BCUT2D eigenvalue weighted by Crippen LogP contribution is -2.43. The molecule has 4 N–H and O–H groups in total. The molecular weight excluding hydrogens is 755 g/mol. The molecule has 1 aliphatic carbocycles. The van der Waals surface area contributed by atoms with Crippen LogP contribution in [0.5, 0.6) is 11.5 Å². The van der Waals surface area contributed by atoms with Gasteiger partial charge in [0.25, 0.3) is 5.91 Å². The number of hydrogen-bond donors (Lipinski definition) is 4. The summed E-state index contributed by atoms with van der Waals surface area (Å²) in [6, 6.07) is 40.5. The van der Waals surface area contributed by atoms with E-state index < -0.39 is 34.0 Å². The second-order valence-corrected chi connectivity index (χ2v) is 16.6. The number of nitrogens with zero attached hydrogens (tertiary/aromatic N) is 1. The van der Waals surface area contributed by atoms with Gasteiger partial charge in [-0.25, -0.2) is 13.2 Å². The summed E-state index contributed by atoms with van der Waals surface area (Å²) in [5.41, 5.74) is 4.71. The van der Waals surface area contributed by atoms with Gasteiger partial charge in [-0.15, -0.1) is 0 Å². The fourth-order valence-electron chi connectivity index (χ4n) is 7.39. The number of amides is 1. The lowest BCUT2D eigenvalue weighted by molar-refractivity contribution is -0.139. The molecule has 0 bridgehead atoms. The number of sulfonamides is 1. The Labute approximate surface area is 340 Å². The third-order valence-corrected chi connectivity index (χ3v) is 10.9. The van der Waals surface area contributed by atoms with Crippen molar-refractivity contribution in [2.24, 2.45) is 0 Å². The van der Waals surface area contributed by atoms with Crippen LogP contribution in [0.4, 0.5) is 5.69 Å². The first kappa shape index (κ1) is 41.9. The molecule has 0 spiro atoms. The monoisotopic (exact) mass is 805 g/mol. The summed E-state index contributed by atoms with van der Waals surface area (Å²) >= 11 is 0. The number of aliphatic hydroxyl groups is 1. The summed E-state index contributed by atoms with van der Waals surface area (Å²) in [6.45, 7) is 1.30. The fourth-order valence-corrected chi connectivity index (χ4v) is 7.95. The number of nitrogens with one attached hydrogen (secondary N) is 2. The molecule has 58 heavy (non-hydrogen) atoms. The van der Waals surface area contributed by atoms with E-state index in [-0.39, 0.29) is 31.4 Å². The maximum absolute atomic E-state index is 13.0. The molecule has 1 fully saturated rings. The molecule has 0 aliphatic heterocycles. The Morgan fingerprint density at radius 1 is 0.776 bits per heavy atom. The Kier molecular flexibility index (Phi) is 14.6. The van der Waals surface area contributed by atoms with Crippen LogP contribution < -0.4 is 19.5 Å². The first-order chi connectivity index (χ1) is 28.0. The molecule has 0 radical (unpaired) electrons. The quantitative estimate of drug-likeness (QED) is 0.0689. The number of carbonyl (C=O) groups is 2. The average molecular weight is 806 g/mol. The highest BCUT2D eigenvalue weighted by Crippen LogP contribution is 2.36. The SMILES string of the molecule is CS(=O)(=O)Nc1cc(OC[C@@H](O)CN(Cc2ccccc2)[C@H]2CC[C@H](c3ccc(C(=O)N[C@@H](Cc4ccccc4)C(=O)O)cc3)CC2)ccc1OCc1ccccc1. The van der Waals surface area contributed by atoms with E-state index in [1.54, 1.807) is 30.3 Å². The minimum absolute atomic E-state index is 0.00254. The van der Waals surface area contributed by atoms with Crippen molar-refractivity contribution >= 4 is 27.6 Å². The van der Waals surface area contributed by atoms with Gasteiger partial charge < -0.3 is 25.0 Å². The molecule has 12 heteroatoms. The van der Waals surface area contributed by atoms with Crippen LogP contribution in [-0.2, 0) is 34.4 Å². The van der Waals surface area contributed by atoms with Crippen molar-refractivity contribution in [1.82, 2.24) is 10.2 Å². The maximum atomic E-state index is 13.0. The average Bonchev–Trinajstić information content (AvgIpc) is 3.23. The number of aliphatic carboxylic acids is 1. The molecule has 0 heterocycles. The summed E-state index contributed by atoms with van der Waals surface area (Å²) in [5.74, 6) is -0.449. The predicted octanol–water partition coefficient (Wildman–Crippen LogP) is 7.03. The number of benzene rings is 5. The molecule has 11 nitrogen and oxygen atoms in total. The number of carbonyl (C=O) groups excluding carboxylic acids is 1. The molecule has 0 saturated heterocycles. The lowest BCUT2D eigenvalue weighted by Gasteiger charge is -2.38. The summed E-state index contributed by atoms with van der Waals surface area (Å²) in [7, 11) is -3.61. The van der Waals surface area contributed by atoms with Gasteiger partial charge >= 0.3 is 5.97 Å². The molecule has 0 aromatic heterocycles. The van der Waals surface area contributed by atoms with Crippen molar-refractivity contribution in [3.8, 4) is 11.5 Å². The molecule has 1 amide bonds. The van der Waals surface area contributed by atoms with Crippen molar-refractivity contribution in [3.05, 3.63) is 161 Å². The number of carboxylic acid groups (broad SMARTS) is 1. The van der Waals surface area contributed by atoms with Gasteiger partial charge in [-0.2, -0.15) is 0 Å². The largest absolute Gasteiger partial charge is 0.491 e. The first-order valence-corrected chi connectivity index (χ1v) is 21.4. The highest BCUT2D eigenvalue weighted by atomic mass is 32.2. The smallest absolute Gasteiger partial charge is 0.326 e. The third-order valence-electron chi connectivity index (χ3n) is 10.3. The van der Waals surface area contributed by atoms with Crippen LogP contribution >= 0.6 is 0 Å². The zero-order chi connectivity index (χ0) is 40.9. The van der Waals surface area contributed by atoms with Crippen molar-refractivity contribution in [1.29, 1.82) is 0 Å². The van der Waals surface area contributed by atoms with Gasteiger partial charge in [0.2, 0.25) is 10.0 Å². The number of anilines is 1. The molecule has 0 unspecified atom stereocenters. The zero-order valence-electron chi connectivity index (χ0n) is 32.6. The van der Waals surface area contributed by atoms with E-state index in [4.69, 9.17) is 9.47 Å². The number of carboxylic acids is 1. The molecule has 2 atom stereocenters.